The van der Waals surface area contributed by atoms with E-state index in [0.29, 0.717) is 31.5 Å². The molecule has 3 aliphatic heterocycles. The summed E-state index contributed by atoms with van der Waals surface area (Å²) in [5.74, 6) is 1.41. The Hall–Kier alpha value is -0.600. The molecular formula is C16H25Cl2N3O3S. The summed E-state index contributed by atoms with van der Waals surface area (Å²) in [7, 11) is -2.87. The lowest BCUT2D eigenvalue weighted by molar-refractivity contribution is 0.253. The molecule has 0 unspecified atom stereocenters. The van der Waals surface area contributed by atoms with Crippen LogP contribution in [0.15, 0.2) is 16.9 Å². The Bertz CT molecular complexity index is 767. The van der Waals surface area contributed by atoms with Gasteiger partial charge in [-0.2, -0.15) is 0 Å². The lowest BCUT2D eigenvalue weighted by Gasteiger charge is -2.37. The first-order valence-electron chi connectivity index (χ1n) is 8.38. The van der Waals surface area contributed by atoms with Crippen molar-refractivity contribution in [1.29, 1.82) is 0 Å². The molecule has 2 bridgehead atoms. The number of halogens is 2. The van der Waals surface area contributed by atoms with Gasteiger partial charge in [-0.05, 0) is 24.9 Å². The topological polar surface area (TPSA) is 71.4 Å². The van der Waals surface area contributed by atoms with Gasteiger partial charge in [0.2, 0.25) is 0 Å². The molecule has 142 valence electrons. The highest BCUT2D eigenvalue weighted by atomic mass is 35.5. The van der Waals surface area contributed by atoms with E-state index in [9.17, 15) is 13.2 Å². The number of pyridine rings is 1. The second-order valence-corrected chi connectivity index (χ2v) is 9.39. The number of aromatic nitrogens is 1. The predicted molar refractivity (Wildman–Crippen MR) is 103 cm³/mol. The van der Waals surface area contributed by atoms with E-state index in [4.69, 9.17) is 0 Å². The van der Waals surface area contributed by atoms with Crippen molar-refractivity contribution in [3.05, 3.63) is 33.7 Å². The van der Waals surface area contributed by atoms with Crippen LogP contribution in [0.5, 0.6) is 0 Å². The van der Waals surface area contributed by atoms with E-state index in [-0.39, 0.29) is 41.9 Å². The molecule has 4 heterocycles. The van der Waals surface area contributed by atoms with Crippen molar-refractivity contribution in [2.45, 2.75) is 25.4 Å². The smallest absolute Gasteiger partial charge is 0.255 e. The average molecular weight is 410 g/mol. The van der Waals surface area contributed by atoms with E-state index in [0.717, 1.165) is 30.9 Å². The zero-order valence-electron chi connectivity index (χ0n) is 14.0. The predicted octanol–water partition coefficient (Wildman–Crippen LogP) is 0.629. The first-order chi connectivity index (χ1) is 11.0. The fourth-order valence-electron chi connectivity index (χ4n) is 4.11. The maximum atomic E-state index is 12.8. The number of piperidine rings is 1. The van der Waals surface area contributed by atoms with Crippen LogP contribution in [0.3, 0.4) is 0 Å². The number of rotatable bonds is 2. The quantitative estimate of drug-likeness (QED) is 0.775. The van der Waals surface area contributed by atoms with Gasteiger partial charge >= 0.3 is 0 Å². The molecule has 1 aromatic heterocycles. The van der Waals surface area contributed by atoms with Gasteiger partial charge in [-0.3, -0.25) is 9.69 Å². The molecule has 1 N–H and O–H groups in total. The van der Waals surface area contributed by atoms with Crippen molar-refractivity contribution in [2.24, 2.45) is 5.92 Å². The number of nitrogens with zero attached hydrogens (tertiary/aromatic N) is 2. The van der Waals surface area contributed by atoms with Crippen LogP contribution in [0.1, 0.15) is 23.6 Å². The van der Waals surface area contributed by atoms with Gasteiger partial charge in [0.1, 0.15) is 0 Å². The summed E-state index contributed by atoms with van der Waals surface area (Å²) < 4.78 is 25.0. The van der Waals surface area contributed by atoms with Gasteiger partial charge in [-0.15, -0.1) is 24.8 Å². The van der Waals surface area contributed by atoms with Crippen LogP contribution in [0, 0.1) is 5.92 Å². The largest absolute Gasteiger partial charge is 0.316 e. The molecule has 2 atom stereocenters. The first kappa shape index (κ1) is 20.7. The fraction of sp³-hybridized carbons (Fsp3) is 0.688. The third-order valence-corrected chi connectivity index (χ3v) is 7.03. The van der Waals surface area contributed by atoms with Crippen molar-refractivity contribution in [3.8, 4) is 0 Å². The minimum Gasteiger partial charge on any atom is -0.316 e. The van der Waals surface area contributed by atoms with Gasteiger partial charge < -0.3 is 9.88 Å². The Kier molecular flexibility index (Phi) is 6.60. The zero-order chi connectivity index (χ0) is 16.0. The Balaban J connectivity index is 0.00000113. The highest BCUT2D eigenvalue weighted by Crippen LogP contribution is 2.31. The third kappa shape index (κ3) is 4.22. The molecule has 0 spiro atoms. The number of sulfone groups is 1. The zero-order valence-corrected chi connectivity index (χ0v) is 16.5. The van der Waals surface area contributed by atoms with Crippen LogP contribution in [-0.2, 0) is 22.9 Å². The van der Waals surface area contributed by atoms with Gasteiger partial charge in [-0.25, -0.2) is 8.42 Å². The molecule has 6 nitrogen and oxygen atoms in total. The maximum absolute atomic E-state index is 12.8. The van der Waals surface area contributed by atoms with Gasteiger partial charge in [0.25, 0.3) is 5.56 Å². The Morgan fingerprint density at radius 1 is 1.12 bits per heavy atom. The summed E-state index contributed by atoms with van der Waals surface area (Å²) in [5.41, 5.74) is 2.07. The van der Waals surface area contributed by atoms with Crippen molar-refractivity contribution in [2.75, 3.05) is 37.7 Å². The molecule has 0 aliphatic carbocycles. The third-order valence-electron chi connectivity index (χ3n) is 5.42. The molecule has 2 saturated heterocycles. The summed E-state index contributed by atoms with van der Waals surface area (Å²) in [4.78, 5) is 14.9. The van der Waals surface area contributed by atoms with E-state index in [1.165, 1.54) is 6.42 Å². The minimum atomic E-state index is -2.87. The summed E-state index contributed by atoms with van der Waals surface area (Å²) in [6.45, 7) is 4.37. The minimum absolute atomic E-state index is 0. The summed E-state index contributed by atoms with van der Waals surface area (Å²) in [5, 5.41) is 3.45. The summed E-state index contributed by atoms with van der Waals surface area (Å²) in [6, 6.07) is 4.05. The highest BCUT2D eigenvalue weighted by molar-refractivity contribution is 7.91. The monoisotopic (exact) mass is 409 g/mol. The number of nitrogens with one attached hydrogen (secondary N) is 1. The molecule has 9 heteroatoms. The van der Waals surface area contributed by atoms with E-state index in [2.05, 4.69) is 16.3 Å². The lowest BCUT2D eigenvalue weighted by atomic mass is 9.84. The van der Waals surface area contributed by atoms with Crippen molar-refractivity contribution < 1.29 is 8.42 Å². The van der Waals surface area contributed by atoms with Crippen LogP contribution in [-0.4, -0.2) is 55.6 Å². The van der Waals surface area contributed by atoms with Crippen LogP contribution >= 0.6 is 24.8 Å². The second kappa shape index (κ2) is 7.96. The summed E-state index contributed by atoms with van der Waals surface area (Å²) in [6.07, 6.45) is 1.18. The standard InChI is InChI=1S/C16H23N3O3S.2ClH/c20-16-13(11-18-3-5-23(21,22)6-4-18)1-2-15-14-7-12(8-17-9-14)10-19(15)16;;/h1-2,12,14,17H,3-11H2;2*1H/t12-,14+;;/m0../s1. The molecule has 2 fully saturated rings. The van der Waals surface area contributed by atoms with Crippen molar-refractivity contribution in [3.63, 3.8) is 0 Å². The van der Waals surface area contributed by atoms with Gasteiger partial charge in [0.05, 0.1) is 11.5 Å². The lowest BCUT2D eigenvalue weighted by Crippen LogP contribution is -2.46. The average Bonchev–Trinajstić information content (AvgIpc) is 2.53. The number of fused-ring (bicyclic) bond motifs is 4. The first-order valence-corrected chi connectivity index (χ1v) is 10.2. The van der Waals surface area contributed by atoms with E-state index in [1.54, 1.807) is 0 Å². The number of hydrogen-bond acceptors (Lipinski definition) is 5. The van der Waals surface area contributed by atoms with Crippen LogP contribution in [0.2, 0.25) is 0 Å². The molecule has 1 aromatic rings. The number of hydrogen-bond donors (Lipinski definition) is 1. The molecule has 3 aliphatic rings. The van der Waals surface area contributed by atoms with E-state index < -0.39 is 9.84 Å². The molecule has 0 saturated carbocycles. The van der Waals surface area contributed by atoms with Gasteiger partial charge in [-0.1, -0.05) is 6.07 Å². The van der Waals surface area contributed by atoms with Crippen molar-refractivity contribution in [1.82, 2.24) is 14.8 Å². The normalized spacial score (nSPS) is 27.5. The van der Waals surface area contributed by atoms with Crippen LogP contribution in [0.25, 0.3) is 0 Å². The van der Waals surface area contributed by atoms with Crippen LogP contribution < -0.4 is 10.9 Å². The molecule has 4 rings (SSSR count). The summed E-state index contributed by atoms with van der Waals surface area (Å²) >= 11 is 0. The fourth-order valence-corrected chi connectivity index (χ4v) is 5.38. The van der Waals surface area contributed by atoms with Gasteiger partial charge in [0, 0.05) is 49.9 Å². The Morgan fingerprint density at radius 3 is 2.56 bits per heavy atom. The van der Waals surface area contributed by atoms with Crippen LogP contribution in [0.4, 0.5) is 0 Å². The maximum Gasteiger partial charge on any atom is 0.255 e. The molecular weight excluding hydrogens is 385 g/mol. The highest BCUT2D eigenvalue weighted by Gasteiger charge is 2.31. The SMILES string of the molecule is Cl.Cl.O=c1c(CN2CCS(=O)(=O)CC2)ccc2n1C[C@@H]1CNC[C@H]2C1. The molecule has 25 heavy (non-hydrogen) atoms. The second-order valence-electron chi connectivity index (χ2n) is 7.08. The molecule has 0 radical (unpaired) electrons. The van der Waals surface area contributed by atoms with E-state index in [1.807, 2.05) is 10.6 Å². The Morgan fingerprint density at radius 2 is 1.84 bits per heavy atom. The van der Waals surface area contributed by atoms with E-state index >= 15 is 0 Å². The molecule has 0 aromatic carbocycles. The molecule has 0 amide bonds. The Labute approximate surface area is 160 Å². The van der Waals surface area contributed by atoms with Gasteiger partial charge in [0.15, 0.2) is 9.84 Å². The van der Waals surface area contributed by atoms with Crippen molar-refractivity contribution >= 4 is 34.7 Å².